The number of benzene rings is 2. The van der Waals surface area contributed by atoms with Gasteiger partial charge in [0.25, 0.3) is 15.6 Å². The number of nitrogens with zero attached hydrogens (tertiary/aromatic N) is 3. The number of pyridine rings is 1. The number of nitrogens with one attached hydrogen (secondary N) is 1. The second-order valence-corrected chi connectivity index (χ2v) is 9.38. The highest BCUT2D eigenvalue weighted by Gasteiger charge is 2.20. The molecule has 33 heavy (non-hydrogen) atoms. The van der Waals surface area contributed by atoms with Crippen molar-refractivity contribution in [2.45, 2.75) is 17.9 Å². The van der Waals surface area contributed by atoms with Crippen molar-refractivity contribution in [2.24, 2.45) is 0 Å². The predicted octanol–water partition coefficient (Wildman–Crippen LogP) is 3.97. The highest BCUT2D eigenvalue weighted by molar-refractivity contribution is 9.10. The van der Waals surface area contributed by atoms with E-state index in [4.69, 9.17) is 10.00 Å². The third-order valence-electron chi connectivity index (χ3n) is 4.58. The van der Waals surface area contributed by atoms with E-state index in [2.05, 4.69) is 30.3 Å². The molecule has 2 aromatic carbocycles. The number of halogens is 2. The predicted molar refractivity (Wildman–Crippen MR) is 120 cm³/mol. The van der Waals surface area contributed by atoms with Gasteiger partial charge in [-0.1, -0.05) is 5.16 Å². The average molecular weight is 533 g/mol. The lowest BCUT2D eigenvalue weighted by Gasteiger charge is -2.17. The van der Waals surface area contributed by atoms with Gasteiger partial charge in [0, 0.05) is 23.6 Å². The normalized spacial score (nSPS) is 12.3. The fourth-order valence-electron chi connectivity index (χ4n) is 3.11. The number of hydrogen-bond acceptors (Lipinski definition) is 7. The summed E-state index contributed by atoms with van der Waals surface area (Å²) >= 11 is 3.08. The summed E-state index contributed by atoms with van der Waals surface area (Å²) in [7, 11) is -3.99. The summed E-state index contributed by atoms with van der Waals surface area (Å²) in [6.45, 7) is 1.51. The zero-order valence-corrected chi connectivity index (χ0v) is 19.2. The van der Waals surface area contributed by atoms with E-state index in [0.29, 0.717) is 10.9 Å². The standard InChI is InChI=1S/C21H14BrFN4O5S/c1-12(11-24)32-19-9-15(22)16(23)10-18(19)27-17-4-3-14(8-13(17)2-5-21(27)28)33(29,30)26-20-6-7-31-25-20/h2-10,12H,1H3,(H,25,26)/t12-/m1/s1. The molecular formula is C21H14BrFN4O5S. The molecule has 0 aliphatic rings. The molecule has 0 bridgehead atoms. The molecule has 0 saturated carbocycles. The Bertz CT molecular complexity index is 1560. The molecule has 0 amide bonds. The van der Waals surface area contributed by atoms with Crippen LogP contribution in [-0.4, -0.2) is 24.2 Å². The van der Waals surface area contributed by atoms with Crippen LogP contribution in [0, 0.1) is 17.1 Å². The number of sulfonamides is 1. The number of fused-ring (bicyclic) bond motifs is 1. The third-order valence-corrected chi connectivity index (χ3v) is 6.54. The molecule has 4 rings (SSSR count). The molecular weight excluding hydrogens is 519 g/mol. The van der Waals surface area contributed by atoms with Crippen molar-refractivity contribution in [3.05, 3.63) is 75.4 Å². The molecule has 1 atom stereocenters. The Hall–Kier alpha value is -3.69. The lowest BCUT2D eigenvalue weighted by Crippen LogP contribution is -2.20. The number of rotatable bonds is 6. The summed E-state index contributed by atoms with van der Waals surface area (Å²) in [6.07, 6.45) is 0.354. The Balaban J connectivity index is 1.88. The van der Waals surface area contributed by atoms with Crippen molar-refractivity contribution in [3.63, 3.8) is 0 Å². The fourth-order valence-corrected chi connectivity index (χ4v) is 4.46. The Morgan fingerprint density at radius 3 is 2.73 bits per heavy atom. The first-order valence-electron chi connectivity index (χ1n) is 9.34. The Morgan fingerprint density at radius 1 is 1.24 bits per heavy atom. The number of nitriles is 1. The first kappa shape index (κ1) is 22.5. The van der Waals surface area contributed by atoms with Crippen LogP contribution in [0.25, 0.3) is 16.6 Å². The summed E-state index contributed by atoms with van der Waals surface area (Å²) in [5.74, 6) is -0.544. The molecule has 0 aliphatic heterocycles. The molecule has 0 radical (unpaired) electrons. The van der Waals surface area contributed by atoms with Crippen LogP contribution in [0.5, 0.6) is 5.75 Å². The van der Waals surface area contributed by atoms with Crippen LogP contribution in [0.2, 0.25) is 0 Å². The molecule has 9 nitrogen and oxygen atoms in total. The Labute approximate surface area is 195 Å². The molecule has 2 heterocycles. The van der Waals surface area contributed by atoms with E-state index < -0.39 is 27.5 Å². The van der Waals surface area contributed by atoms with Crippen LogP contribution < -0.4 is 15.0 Å². The highest BCUT2D eigenvalue weighted by atomic mass is 79.9. The zero-order chi connectivity index (χ0) is 23.8. The molecule has 2 aromatic heterocycles. The Morgan fingerprint density at radius 2 is 2.03 bits per heavy atom. The van der Waals surface area contributed by atoms with Gasteiger partial charge in [-0.25, -0.2) is 12.8 Å². The first-order chi connectivity index (χ1) is 15.7. The monoisotopic (exact) mass is 532 g/mol. The molecule has 4 aromatic rings. The minimum atomic E-state index is -3.99. The summed E-state index contributed by atoms with van der Waals surface area (Å²) in [5, 5.41) is 13.0. The van der Waals surface area contributed by atoms with Gasteiger partial charge in [0.2, 0.25) is 0 Å². The smallest absolute Gasteiger partial charge is 0.263 e. The summed E-state index contributed by atoms with van der Waals surface area (Å²) < 4.78 is 53.6. The van der Waals surface area contributed by atoms with Crippen molar-refractivity contribution in [1.82, 2.24) is 9.72 Å². The molecule has 0 spiro atoms. The van der Waals surface area contributed by atoms with Crippen LogP contribution in [0.3, 0.4) is 0 Å². The van der Waals surface area contributed by atoms with Gasteiger partial charge in [-0.05, 0) is 53.2 Å². The summed E-state index contributed by atoms with van der Waals surface area (Å²) in [5.41, 5.74) is -0.140. The van der Waals surface area contributed by atoms with Crippen LogP contribution >= 0.6 is 15.9 Å². The van der Waals surface area contributed by atoms with Gasteiger partial charge >= 0.3 is 0 Å². The second kappa shape index (κ2) is 8.68. The molecule has 168 valence electrons. The molecule has 1 N–H and O–H groups in total. The third kappa shape index (κ3) is 4.46. The fraction of sp³-hybridized carbons (Fsp3) is 0.0952. The van der Waals surface area contributed by atoms with Gasteiger partial charge in [0.15, 0.2) is 11.9 Å². The van der Waals surface area contributed by atoms with Crippen molar-refractivity contribution in [3.8, 4) is 17.5 Å². The number of aromatic nitrogens is 2. The topological polar surface area (TPSA) is 127 Å². The van der Waals surface area contributed by atoms with Gasteiger partial charge in [-0.15, -0.1) is 0 Å². The number of ether oxygens (including phenoxy) is 1. The van der Waals surface area contributed by atoms with Crippen molar-refractivity contribution in [2.75, 3.05) is 4.72 Å². The maximum absolute atomic E-state index is 14.4. The van der Waals surface area contributed by atoms with Gasteiger partial charge in [0.05, 0.1) is 20.6 Å². The van der Waals surface area contributed by atoms with Gasteiger partial charge < -0.3 is 9.26 Å². The van der Waals surface area contributed by atoms with E-state index in [9.17, 15) is 17.6 Å². The van der Waals surface area contributed by atoms with E-state index in [-0.39, 0.29) is 26.6 Å². The van der Waals surface area contributed by atoms with Crippen LogP contribution in [0.15, 0.2) is 73.5 Å². The van der Waals surface area contributed by atoms with Gasteiger partial charge in [0.1, 0.15) is 23.9 Å². The molecule has 0 saturated heterocycles. The lowest BCUT2D eigenvalue weighted by molar-refractivity contribution is 0.275. The van der Waals surface area contributed by atoms with Crippen LogP contribution in [-0.2, 0) is 10.0 Å². The molecule has 0 fully saturated rings. The quantitative estimate of drug-likeness (QED) is 0.397. The molecule has 0 unspecified atom stereocenters. The highest BCUT2D eigenvalue weighted by Crippen LogP contribution is 2.32. The second-order valence-electron chi connectivity index (χ2n) is 6.84. The molecule has 12 heteroatoms. The van der Waals surface area contributed by atoms with E-state index in [0.717, 1.165) is 6.07 Å². The zero-order valence-electron chi connectivity index (χ0n) is 16.8. The minimum absolute atomic E-state index is 0.0128. The van der Waals surface area contributed by atoms with E-state index in [1.165, 1.54) is 60.2 Å². The summed E-state index contributed by atoms with van der Waals surface area (Å²) in [4.78, 5) is 12.7. The van der Waals surface area contributed by atoms with E-state index in [1.54, 1.807) is 0 Å². The summed E-state index contributed by atoms with van der Waals surface area (Å²) in [6, 6.07) is 12.5. The maximum Gasteiger partial charge on any atom is 0.263 e. The van der Waals surface area contributed by atoms with Crippen molar-refractivity contribution < 1.29 is 22.1 Å². The van der Waals surface area contributed by atoms with Crippen LogP contribution in [0.4, 0.5) is 10.2 Å². The lowest BCUT2D eigenvalue weighted by atomic mass is 10.2. The SMILES string of the molecule is C[C@H](C#N)Oc1cc(Br)c(F)cc1-n1c(=O)ccc2cc(S(=O)(=O)Nc3ccon3)ccc21. The minimum Gasteiger partial charge on any atom is -0.474 e. The van der Waals surface area contributed by atoms with Crippen LogP contribution in [0.1, 0.15) is 6.92 Å². The van der Waals surface area contributed by atoms with Crippen molar-refractivity contribution >= 4 is 42.7 Å². The number of hydrogen-bond donors (Lipinski definition) is 1. The Kier molecular flexibility index (Phi) is 5.92. The largest absolute Gasteiger partial charge is 0.474 e. The first-order valence-corrected chi connectivity index (χ1v) is 11.6. The van der Waals surface area contributed by atoms with E-state index in [1.807, 2.05) is 6.07 Å². The van der Waals surface area contributed by atoms with Crippen molar-refractivity contribution in [1.29, 1.82) is 5.26 Å². The molecule has 0 aliphatic carbocycles. The van der Waals surface area contributed by atoms with Gasteiger partial charge in [-0.2, -0.15) is 5.26 Å². The maximum atomic E-state index is 14.4. The van der Waals surface area contributed by atoms with Gasteiger partial charge in [-0.3, -0.25) is 14.1 Å². The number of anilines is 1. The van der Waals surface area contributed by atoms with E-state index >= 15 is 0 Å². The average Bonchev–Trinajstić information content (AvgIpc) is 3.28.